The summed E-state index contributed by atoms with van der Waals surface area (Å²) in [4.78, 5) is 4.27. The second-order valence-electron chi connectivity index (χ2n) is 5.07. The zero-order valence-electron chi connectivity index (χ0n) is 12.5. The van der Waals surface area contributed by atoms with Crippen molar-refractivity contribution < 1.29 is 4.74 Å². The Morgan fingerprint density at radius 2 is 2.14 bits per heavy atom. The summed E-state index contributed by atoms with van der Waals surface area (Å²) in [5.74, 6) is 0.784. The van der Waals surface area contributed by atoms with Crippen LogP contribution in [-0.4, -0.2) is 18.1 Å². The summed E-state index contributed by atoms with van der Waals surface area (Å²) in [6.07, 6.45) is 4.83. The standard InChI is InChI=1S/C17H21ClN2O/c1-3-7-20-17(14-8-13(2)10-19-11-14)12-21-16-6-4-5-15(18)9-16/h4-6,8-11,17,20H,3,7,12H2,1-2H3. The summed E-state index contributed by atoms with van der Waals surface area (Å²) in [5.41, 5.74) is 2.30. The number of benzene rings is 1. The minimum Gasteiger partial charge on any atom is -0.492 e. The van der Waals surface area contributed by atoms with E-state index in [0.717, 1.165) is 29.8 Å². The Balaban J connectivity index is 2.06. The number of hydrogen-bond donors (Lipinski definition) is 1. The molecule has 0 aliphatic heterocycles. The Morgan fingerprint density at radius 1 is 1.29 bits per heavy atom. The molecule has 1 aromatic heterocycles. The van der Waals surface area contributed by atoms with Crippen LogP contribution in [0.15, 0.2) is 42.7 Å². The normalized spacial score (nSPS) is 12.1. The third-order valence-corrected chi connectivity index (χ3v) is 3.39. The van der Waals surface area contributed by atoms with Crippen molar-refractivity contribution in [3.63, 3.8) is 0 Å². The lowest BCUT2D eigenvalue weighted by Crippen LogP contribution is -2.27. The van der Waals surface area contributed by atoms with E-state index in [4.69, 9.17) is 16.3 Å². The second kappa shape index (κ2) is 8.01. The van der Waals surface area contributed by atoms with Crippen LogP contribution in [0, 0.1) is 6.92 Å². The van der Waals surface area contributed by atoms with E-state index in [2.05, 4.69) is 23.3 Å². The van der Waals surface area contributed by atoms with Gasteiger partial charge in [-0.15, -0.1) is 0 Å². The molecule has 0 aliphatic rings. The van der Waals surface area contributed by atoms with Gasteiger partial charge in [-0.1, -0.05) is 30.7 Å². The molecule has 0 fully saturated rings. The van der Waals surface area contributed by atoms with Crippen LogP contribution in [0.5, 0.6) is 5.75 Å². The number of nitrogens with zero attached hydrogens (tertiary/aromatic N) is 1. The van der Waals surface area contributed by atoms with Gasteiger partial charge in [-0.2, -0.15) is 0 Å². The maximum absolute atomic E-state index is 5.98. The Hall–Kier alpha value is -1.58. The van der Waals surface area contributed by atoms with Crippen LogP contribution in [0.25, 0.3) is 0 Å². The molecule has 3 nitrogen and oxygen atoms in total. The van der Waals surface area contributed by atoms with Crippen molar-refractivity contribution in [1.82, 2.24) is 10.3 Å². The molecule has 0 radical (unpaired) electrons. The first-order valence-corrected chi connectivity index (χ1v) is 7.60. The Labute approximate surface area is 131 Å². The van der Waals surface area contributed by atoms with Crippen LogP contribution >= 0.6 is 11.6 Å². The quantitative estimate of drug-likeness (QED) is 0.834. The van der Waals surface area contributed by atoms with E-state index in [9.17, 15) is 0 Å². The molecular weight excluding hydrogens is 284 g/mol. The summed E-state index contributed by atoms with van der Waals surface area (Å²) in [6.45, 7) is 5.69. The molecule has 21 heavy (non-hydrogen) atoms. The first-order valence-electron chi connectivity index (χ1n) is 7.22. The highest BCUT2D eigenvalue weighted by Crippen LogP contribution is 2.20. The van der Waals surface area contributed by atoms with Gasteiger partial charge in [-0.25, -0.2) is 0 Å². The fourth-order valence-corrected chi connectivity index (χ4v) is 2.28. The molecule has 0 saturated heterocycles. The largest absolute Gasteiger partial charge is 0.492 e. The van der Waals surface area contributed by atoms with E-state index in [-0.39, 0.29) is 6.04 Å². The zero-order chi connectivity index (χ0) is 15.1. The Morgan fingerprint density at radius 3 is 2.86 bits per heavy atom. The van der Waals surface area contributed by atoms with Gasteiger partial charge >= 0.3 is 0 Å². The number of ether oxygens (including phenoxy) is 1. The van der Waals surface area contributed by atoms with Crippen molar-refractivity contribution in [2.75, 3.05) is 13.2 Å². The van der Waals surface area contributed by atoms with Crippen molar-refractivity contribution in [2.24, 2.45) is 0 Å². The molecule has 1 aromatic carbocycles. The smallest absolute Gasteiger partial charge is 0.120 e. The minimum atomic E-state index is 0.122. The maximum Gasteiger partial charge on any atom is 0.120 e. The zero-order valence-corrected chi connectivity index (χ0v) is 13.2. The van der Waals surface area contributed by atoms with Crippen molar-refractivity contribution in [1.29, 1.82) is 0 Å². The molecule has 0 amide bonds. The highest BCUT2D eigenvalue weighted by Gasteiger charge is 2.12. The van der Waals surface area contributed by atoms with Crippen molar-refractivity contribution in [3.8, 4) is 5.75 Å². The molecule has 0 aliphatic carbocycles. The predicted molar refractivity (Wildman–Crippen MR) is 87.0 cm³/mol. The number of aromatic nitrogens is 1. The topological polar surface area (TPSA) is 34.1 Å². The third kappa shape index (κ3) is 5.03. The van der Waals surface area contributed by atoms with Crippen molar-refractivity contribution in [3.05, 3.63) is 58.9 Å². The van der Waals surface area contributed by atoms with Crippen LogP contribution in [0.4, 0.5) is 0 Å². The van der Waals surface area contributed by atoms with Crippen LogP contribution in [-0.2, 0) is 0 Å². The molecular formula is C17H21ClN2O. The van der Waals surface area contributed by atoms with Gasteiger partial charge in [-0.3, -0.25) is 4.98 Å². The average molecular weight is 305 g/mol. The Kier molecular flexibility index (Phi) is 6.03. The number of pyridine rings is 1. The van der Waals surface area contributed by atoms with Gasteiger partial charge in [0.1, 0.15) is 12.4 Å². The van der Waals surface area contributed by atoms with E-state index < -0.39 is 0 Å². The molecule has 0 saturated carbocycles. The molecule has 1 atom stereocenters. The molecule has 1 N–H and O–H groups in total. The Bertz CT molecular complexity index is 574. The summed E-state index contributed by atoms with van der Waals surface area (Å²) in [5, 5.41) is 4.18. The lowest BCUT2D eigenvalue weighted by Gasteiger charge is -2.19. The van der Waals surface area contributed by atoms with E-state index in [0.29, 0.717) is 11.6 Å². The monoisotopic (exact) mass is 304 g/mol. The number of aryl methyl sites for hydroxylation is 1. The molecule has 4 heteroatoms. The summed E-state index contributed by atoms with van der Waals surface area (Å²) < 4.78 is 5.87. The van der Waals surface area contributed by atoms with Gasteiger partial charge < -0.3 is 10.1 Å². The summed E-state index contributed by atoms with van der Waals surface area (Å²) in [6, 6.07) is 9.73. The van der Waals surface area contributed by atoms with Crippen molar-refractivity contribution in [2.45, 2.75) is 26.3 Å². The average Bonchev–Trinajstić information content (AvgIpc) is 2.47. The lowest BCUT2D eigenvalue weighted by molar-refractivity contribution is 0.266. The van der Waals surface area contributed by atoms with Crippen LogP contribution in [0.3, 0.4) is 0 Å². The fourth-order valence-electron chi connectivity index (χ4n) is 2.10. The van der Waals surface area contributed by atoms with Crippen LogP contribution in [0.2, 0.25) is 5.02 Å². The maximum atomic E-state index is 5.98. The summed E-state index contributed by atoms with van der Waals surface area (Å²) in [7, 11) is 0. The van der Waals surface area contributed by atoms with E-state index in [1.165, 1.54) is 0 Å². The SMILES string of the molecule is CCCNC(COc1cccc(Cl)c1)c1cncc(C)c1. The summed E-state index contributed by atoms with van der Waals surface area (Å²) >= 11 is 5.98. The molecule has 1 unspecified atom stereocenters. The molecule has 2 rings (SSSR count). The minimum absolute atomic E-state index is 0.122. The fraction of sp³-hybridized carbons (Fsp3) is 0.353. The molecule has 1 heterocycles. The molecule has 2 aromatic rings. The first-order chi connectivity index (χ1) is 10.2. The highest BCUT2D eigenvalue weighted by molar-refractivity contribution is 6.30. The second-order valence-corrected chi connectivity index (χ2v) is 5.51. The van der Waals surface area contributed by atoms with Gasteiger partial charge in [0.25, 0.3) is 0 Å². The van der Waals surface area contributed by atoms with E-state index >= 15 is 0 Å². The van der Waals surface area contributed by atoms with E-state index in [1.54, 1.807) is 0 Å². The molecule has 0 bridgehead atoms. The van der Waals surface area contributed by atoms with Gasteiger partial charge in [0.05, 0.1) is 6.04 Å². The number of nitrogens with one attached hydrogen (secondary N) is 1. The predicted octanol–water partition coefficient (Wildman–Crippen LogP) is 4.16. The number of hydrogen-bond acceptors (Lipinski definition) is 3. The van der Waals surface area contributed by atoms with Crippen LogP contribution < -0.4 is 10.1 Å². The van der Waals surface area contributed by atoms with Crippen molar-refractivity contribution >= 4 is 11.6 Å². The molecule has 0 spiro atoms. The lowest BCUT2D eigenvalue weighted by atomic mass is 10.1. The van der Waals surface area contributed by atoms with E-state index in [1.807, 2.05) is 43.6 Å². The third-order valence-electron chi connectivity index (χ3n) is 3.15. The highest BCUT2D eigenvalue weighted by atomic mass is 35.5. The first kappa shape index (κ1) is 15.8. The number of rotatable bonds is 7. The van der Waals surface area contributed by atoms with Gasteiger partial charge in [0.15, 0.2) is 0 Å². The van der Waals surface area contributed by atoms with Gasteiger partial charge in [0, 0.05) is 17.4 Å². The van der Waals surface area contributed by atoms with Gasteiger partial charge in [-0.05, 0) is 49.2 Å². The van der Waals surface area contributed by atoms with Crippen LogP contribution in [0.1, 0.15) is 30.5 Å². The van der Waals surface area contributed by atoms with Gasteiger partial charge in [0.2, 0.25) is 0 Å². The molecule has 112 valence electrons. The number of halogens is 1.